The third-order valence-electron chi connectivity index (χ3n) is 1.95. The Labute approximate surface area is 86.3 Å². The van der Waals surface area contributed by atoms with Gasteiger partial charge in [-0.05, 0) is 6.07 Å². The highest BCUT2D eigenvalue weighted by Gasteiger charge is 2.12. The van der Waals surface area contributed by atoms with Crippen molar-refractivity contribution in [3.05, 3.63) is 23.9 Å². The number of aromatic nitrogens is 3. The van der Waals surface area contributed by atoms with Crippen molar-refractivity contribution in [1.29, 1.82) is 0 Å². The average Bonchev–Trinajstić information content (AvgIpc) is 2.60. The summed E-state index contributed by atoms with van der Waals surface area (Å²) in [4.78, 5) is 17.0. The molecule has 0 unspecified atom stereocenters. The molecule has 0 saturated carbocycles. The first-order valence-corrected chi connectivity index (χ1v) is 4.33. The lowest BCUT2D eigenvalue weighted by Crippen LogP contribution is -2.12. The number of amides is 1. The predicted molar refractivity (Wildman–Crippen MR) is 54.7 cm³/mol. The molecule has 0 atom stereocenters. The Balaban J connectivity index is 2.70. The van der Waals surface area contributed by atoms with Gasteiger partial charge < -0.3 is 10.6 Å². The number of rotatable bonds is 2. The number of nitrogens with zero attached hydrogens (tertiary/aromatic N) is 4. The van der Waals surface area contributed by atoms with E-state index in [1.54, 1.807) is 11.1 Å². The third kappa shape index (κ3) is 1.50. The van der Waals surface area contributed by atoms with Gasteiger partial charge in [0.05, 0.1) is 5.56 Å². The number of nitrogens with two attached hydrogens (primary N) is 1. The molecule has 0 saturated heterocycles. The molecule has 1 amide bonds. The number of anilines is 1. The van der Waals surface area contributed by atoms with E-state index in [-0.39, 0.29) is 0 Å². The van der Waals surface area contributed by atoms with Gasteiger partial charge in [-0.2, -0.15) is 4.98 Å². The molecule has 2 aromatic rings. The first kappa shape index (κ1) is 9.45. The van der Waals surface area contributed by atoms with Crippen molar-refractivity contribution in [3.63, 3.8) is 0 Å². The molecule has 0 aliphatic heterocycles. The molecule has 1 radical (unpaired) electrons. The largest absolute Gasteiger partial charge is 0.365 e. The van der Waals surface area contributed by atoms with Crippen molar-refractivity contribution in [1.82, 2.24) is 14.6 Å². The molecule has 6 nitrogen and oxygen atoms in total. The number of carbonyl (C=O) groups is 1. The van der Waals surface area contributed by atoms with E-state index in [1.165, 1.54) is 10.6 Å². The van der Waals surface area contributed by atoms with E-state index in [2.05, 4.69) is 16.1 Å². The lowest BCUT2D eigenvalue weighted by atomic mass is 10.2. The fourth-order valence-corrected chi connectivity index (χ4v) is 1.21. The number of hydrogen-bond acceptors (Lipinski definition) is 4. The molecule has 15 heavy (non-hydrogen) atoms. The second-order valence-corrected chi connectivity index (χ2v) is 3.29. The summed E-state index contributed by atoms with van der Waals surface area (Å²) in [6, 6.07) is 4.28. The molecule has 0 aromatic carbocycles. The Morgan fingerprint density at radius 2 is 2.33 bits per heavy atom. The number of pyridine rings is 1. The fraction of sp³-hybridized carbons (Fsp3) is 0.222. The monoisotopic (exact) mass is 204 g/mol. The van der Waals surface area contributed by atoms with Crippen LogP contribution in [0, 0.1) is 6.07 Å². The zero-order valence-corrected chi connectivity index (χ0v) is 8.43. The molecule has 2 N–H and O–H groups in total. The highest BCUT2D eigenvalue weighted by atomic mass is 16.1. The Morgan fingerprint density at radius 3 is 2.93 bits per heavy atom. The number of primary amides is 1. The molecule has 0 aliphatic carbocycles. The zero-order valence-electron chi connectivity index (χ0n) is 8.43. The van der Waals surface area contributed by atoms with Crippen LogP contribution in [0.1, 0.15) is 10.4 Å². The fourth-order valence-electron chi connectivity index (χ4n) is 1.21. The minimum absolute atomic E-state index is 0.318. The van der Waals surface area contributed by atoms with Crippen LogP contribution in [0.5, 0.6) is 0 Å². The van der Waals surface area contributed by atoms with E-state index < -0.39 is 5.91 Å². The second-order valence-electron chi connectivity index (χ2n) is 3.29. The van der Waals surface area contributed by atoms with Crippen LogP contribution < -0.4 is 10.6 Å². The summed E-state index contributed by atoms with van der Waals surface area (Å²) in [5.41, 5.74) is 5.98. The summed E-state index contributed by atoms with van der Waals surface area (Å²) in [6.07, 6.45) is 1.60. The molecule has 0 fully saturated rings. The summed E-state index contributed by atoms with van der Waals surface area (Å²) in [6.45, 7) is 0. The topological polar surface area (TPSA) is 76.5 Å². The Morgan fingerprint density at radius 1 is 1.60 bits per heavy atom. The molecule has 0 aliphatic rings. The predicted octanol–water partition coefficient (Wildman–Crippen LogP) is -0.306. The number of carbonyl (C=O) groups excluding carboxylic acids is 1. The van der Waals surface area contributed by atoms with Gasteiger partial charge in [0.2, 0.25) is 5.95 Å². The maximum Gasteiger partial charge on any atom is 0.252 e. The minimum atomic E-state index is -0.533. The van der Waals surface area contributed by atoms with Gasteiger partial charge in [0, 0.05) is 26.4 Å². The van der Waals surface area contributed by atoms with Gasteiger partial charge >= 0.3 is 0 Å². The smallest absolute Gasteiger partial charge is 0.252 e. The summed E-state index contributed by atoms with van der Waals surface area (Å²) < 4.78 is 1.48. The van der Waals surface area contributed by atoms with E-state index in [0.717, 1.165) is 0 Å². The second kappa shape index (κ2) is 3.23. The first-order chi connectivity index (χ1) is 7.09. The minimum Gasteiger partial charge on any atom is -0.365 e. The summed E-state index contributed by atoms with van der Waals surface area (Å²) in [5.74, 6) is -0.00773. The van der Waals surface area contributed by atoms with Crippen LogP contribution in [0.3, 0.4) is 0 Å². The molecular weight excluding hydrogens is 194 g/mol. The van der Waals surface area contributed by atoms with Crippen LogP contribution in [0.25, 0.3) is 5.65 Å². The zero-order chi connectivity index (χ0) is 11.0. The molecule has 2 heterocycles. The standard InChI is InChI=1S/C9H10N5O/c1-13(2)9-11-8-6(7(10)15)4-3-5-14(8)12-9/h4-5H,1-2H3,(H2,10,15). The molecule has 0 bridgehead atoms. The SMILES string of the molecule is CN(C)c1nc2c(C(N)=O)c[c]cn2n1. The van der Waals surface area contributed by atoms with E-state index >= 15 is 0 Å². The van der Waals surface area contributed by atoms with E-state index in [9.17, 15) is 4.79 Å². The van der Waals surface area contributed by atoms with Gasteiger partial charge in [-0.25, -0.2) is 4.52 Å². The molecule has 6 heteroatoms. The van der Waals surface area contributed by atoms with Gasteiger partial charge in [-0.1, -0.05) is 0 Å². The van der Waals surface area contributed by atoms with Crippen LogP contribution >= 0.6 is 0 Å². The molecule has 77 valence electrons. The summed E-state index contributed by atoms with van der Waals surface area (Å²) >= 11 is 0. The van der Waals surface area contributed by atoms with Gasteiger partial charge in [0.25, 0.3) is 5.91 Å². The van der Waals surface area contributed by atoms with Crippen LogP contribution in [0.15, 0.2) is 12.3 Å². The molecule has 2 aromatic heterocycles. The van der Waals surface area contributed by atoms with Crippen molar-refractivity contribution in [3.8, 4) is 0 Å². The molecule has 2 rings (SSSR count). The average molecular weight is 204 g/mol. The van der Waals surface area contributed by atoms with Crippen molar-refractivity contribution >= 4 is 17.5 Å². The molecule has 0 spiro atoms. The highest BCUT2D eigenvalue weighted by Crippen LogP contribution is 2.11. The highest BCUT2D eigenvalue weighted by molar-refractivity contribution is 5.98. The normalized spacial score (nSPS) is 10.5. The van der Waals surface area contributed by atoms with Crippen molar-refractivity contribution < 1.29 is 4.79 Å². The van der Waals surface area contributed by atoms with Gasteiger partial charge in [-0.3, -0.25) is 4.79 Å². The number of fused-ring (bicyclic) bond motifs is 1. The van der Waals surface area contributed by atoms with Crippen LogP contribution in [0.4, 0.5) is 5.95 Å². The van der Waals surface area contributed by atoms with E-state index in [1.807, 2.05) is 14.1 Å². The number of hydrogen-bond donors (Lipinski definition) is 1. The van der Waals surface area contributed by atoms with Gasteiger partial charge in [-0.15, -0.1) is 5.10 Å². The van der Waals surface area contributed by atoms with E-state index in [0.29, 0.717) is 17.2 Å². The van der Waals surface area contributed by atoms with Crippen LogP contribution in [0.2, 0.25) is 0 Å². The van der Waals surface area contributed by atoms with E-state index in [4.69, 9.17) is 5.73 Å². The maximum atomic E-state index is 11.1. The maximum absolute atomic E-state index is 11.1. The Kier molecular flexibility index (Phi) is 2.03. The lowest BCUT2D eigenvalue weighted by Gasteiger charge is -2.03. The summed E-state index contributed by atoms with van der Waals surface area (Å²) in [5, 5.41) is 4.15. The van der Waals surface area contributed by atoms with Crippen molar-refractivity contribution in [2.75, 3.05) is 19.0 Å². The van der Waals surface area contributed by atoms with Crippen molar-refractivity contribution in [2.24, 2.45) is 5.73 Å². The van der Waals surface area contributed by atoms with Crippen LogP contribution in [-0.2, 0) is 0 Å². The summed E-state index contributed by atoms with van der Waals surface area (Å²) in [7, 11) is 3.64. The Hall–Kier alpha value is -2.11. The van der Waals surface area contributed by atoms with Gasteiger partial charge in [0.1, 0.15) is 0 Å². The third-order valence-corrected chi connectivity index (χ3v) is 1.95. The lowest BCUT2D eigenvalue weighted by molar-refractivity contribution is 0.100. The quantitative estimate of drug-likeness (QED) is 0.728. The van der Waals surface area contributed by atoms with Gasteiger partial charge in [0.15, 0.2) is 5.65 Å². The molecular formula is C9H10N5O. The van der Waals surface area contributed by atoms with Crippen LogP contribution in [-0.4, -0.2) is 34.6 Å². The van der Waals surface area contributed by atoms with Crippen molar-refractivity contribution in [2.45, 2.75) is 0 Å². The Bertz CT molecular complexity index is 516. The first-order valence-electron chi connectivity index (χ1n) is 4.33.